The molecular weight excluding hydrogens is 268 g/mol. The zero-order valence-corrected chi connectivity index (χ0v) is 11.4. The van der Waals surface area contributed by atoms with Gasteiger partial charge in [-0.1, -0.05) is 31.4 Å². The minimum absolute atomic E-state index is 0.0541. The van der Waals surface area contributed by atoms with Gasteiger partial charge in [0.15, 0.2) is 0 Å². The Hall–Kier alpha value is -1.59. The Morgan fingerprint density at radius 3 is 2.74 bits per heavy atom. The molecule has 0 spiro atoms. The Balaban J connectivity index is 2.74. The van der Waals surface area contributed by atoms with E-state index in [2.05, 4.69) is 5.32 Å². The van der Waals surface area contributed by atoms with Crippen LogP contribution in [0, 0.1) is 0 Å². The van der Waals surface area contributed by atoms with E-state index in [-0.39, 0.29) is 16.5 Å². The third-order valence-corrected chi connectivity index (χ3v) is 3.00. The number of nitrogens with two attached hydrogens (primary N) is 1. The molecule has 1 unspecified atom stereocenters. The van der Waals surface area contributed by atoms with Crippen LogP contribution in [-0.2, 0) is 4.79 Å². The molecule has 1 rings (SSSR count). The summed E-state index contributed by atoms with van der Waals surface area (Å²) < 4.78 is 0. The van der Waals surface area contributed by atoms with Crippen molar-refractivity contribution in [1.82, 2.24) is 0 Å². The predicted molar refractivity (Wildman–Crippen MR) is 74.5 cm³/mol. The maximum Gasteiger partial charge on any atom is 0.337 e. The van der Waals surface area contributed by atoms with E-state index in [0.717, 1.165) is 12.8 Å². The SMILES string of the molecule is CCCCC(N)C(=O)Nc1ccc(Cl)c(C(=O)O)c1. The molecule has 0 bridgehead atoms. The van der Waals surface area contributed by atoms with Gasteiger partial charge in [0.2, 0.25) is 5.91 Å². The van der Waals surface area contributed by atoms with Gasteiger partial charge in [-0.2, -0.15) is 0 Å². The Morgan fingerprint density at radius 2 is 2.16 bits per heavy atom. The second-order valence-electron chi connectivity index (χ2n) is 4.24. The lowest BCUT2D eigenvalue weighted by Gasteiger charge is -2.12. The third kappa shape index (κ3) is 4.54. The van der Waals surface area contributed by atoms with Crippen molar-refractivity contribution in [3.8, 4) is 0 Å². The van der Waals surface area contributed by atoms with Crippen LogP contribution in [0.2, 0.25) is 5.02 Å². The molecular formula is C13H17ClN2O3. The molecule has 1 amide bonds. The van der Waals surface area contributed by atoms with Gasteiger partial charge in [-0.25, -0.2) is 4.79 Å². The number of anilines is 1. The number of carbonyl (C=O) groups excluding carboxylic acids is 1. The highest BCUT2D eigenvalue weighted by Crippen LogP contribution is 2.20. The molecule has 4 N–H and O–H groups in total. The van der Waals surface area contributed by atoms with Crippen LogP contribution < -0.4 is 11.1 Å². The van der Waals surface area contributed by atoms with Crippen LogP contribution >= 0.6 is 11.6 Å². The standard InChI is InChI=1S/C13H17ClN2O3/c1-2-3-4-11(15)12(17)16-8-5-6-10(14)9(7-8)13(18)19/h5-7,11H,2-4,15H2,1H3,(H,16,17)(H,18,19). The van der Waals surface area contributed by atoms with Crippen molar-refractivity contribution in [3.63, 3.8) is 0 Å². The Kier molecular flexibility index (Phi) is 5.79. The summed E-state index contributed by atoms with van der Waals surface area (Å²) in [6.07, 6.45) is 2.43. The van der Waals surface area contributed by atoms with Gasteiger partial charge in [0, 0.05) is 5.69 Å². The largest absolute Gasteiger partial charge is 0.478 e. The van der Waals surface area contributed by atoms with Crippen molar-refractivity contribution >= 4 is 29.2 Å². The summed E-state index contributed by atoms with van der Waals surface area (Å²) in [5, 5.41) is 11.6. The fourth-order valence-corrected chi connectivity index (χ4v) is 1.76. The number of unbranched alkanes of at least 4 members (excludes halogenated alkanes) is 1. The summed E-state index contributed by atoms with van der Waals surface area (Å²) in [4.78, 5) is 22.7. The summed E-state index contributed by atoms with van der Waals surface area (Å²) in [5.41, 5.74) is 6.04. The smallest absolute Gasteiger partial charge is 0.337 e. The van der Waals surface area contributed by atoms with Crippen molar-refractivity contribution in [3.05, 3.63) is 28.8 Å². The van der Waals surface area contributed by atoms with Gasteiger partial charge in [0.1, 0.15) is 0 Å². The number of carboxylic acid groups (broad SMARTS) is 1. The second kappa shape index (κ2) is 7.11. The normalized spacial score (nSPS) is 11.9. The van der Waals surface area contributed by atoms with E-state index in [4.69, 9.17) is 22.4 Å². The van der Waals surface area contributed by atoms with E-state index in [0.29, 0.717) is 12.1 Å². The van der Waals surface area contributed by atoms with E-state index < -0.39 is 12.0 Å². The van der Waals surface area contributed by atoms with Crippen LogP contribution in [0.3, 0.4) is 0 Å². The van der Waals surface area contributed by atoms with E-state index >= 15 is 0 Å². The van der Waals surface area contributed by atoms with Gasteiger partial charge < -0.3 is 16.2 Å². The van der Waals surface area contributed by atoms with Crippen LogP contribution in [-0.4, -0.2) is 23.0 Å². The van der Waals surface area contributed by atoms with Crippen LogP contribution in [0.15, 0.2) is 18.2 Å². The number of nitrogens with one attached hydrogen (secondary N) is 1. The van der Waals surface area contributed by atoms with E-state index in [1.54, 1.807) is 6.07 Å². The summed E-state index contributed by atoms with van der Waals surface area (Å²) in [7, 11) is 0. The number of carboxylic acids is 1. The molecule has 104 valence electrons. The fraction of sp³-hybridized carbons (Fsp3) is 0.385. The first-order chi connectivity index (χ1) is 8.95. The number of rotatable bonds is 6. The Morgan fingerprint density at radius 1 is 1.47 bits per heavy atom. The molecule has 5 nitrogen and oxygen atoms in total. The molecule has 0 aliphatic carbocycles. The molecule has 0 aliphatic rings. The molecule has 0 aromatic heterocycles. The molecule has 0 aliphatic heterocycles. The minimum atomic E-state index is -1.14. The molecule has 0 saturated carbocycles. The number of benzene rings is 1. The van der Waals surface area contributed by atoms with Gasteiger partial charge >= 0.3 is 5.97 Å². The van der Waals surface area contributed by atoms with Crippen molar-refractivity contribution < 1.29 is 14.7 Å². The molecule has 0 radical (unpaired) electrons. The lowest BCUT2D eigenvalue weighted by molar-refractivity contribution is -0.117. The molecule has 0 saturated heterocycles. The second-order valence-corrected chi connectivity index (χ2v) is 4.64. The average Bonchev–Trinajstić information content (AvgIpc) is 2.37. The monoisotopic (exact) mass is 284 g/mol. The first-order valence-electron chi connectivity index (χ1n) is 6.05. The van der Waals surface area contributed by atoms with Crippen LogP contribution in [0.1, 0.15) is 36.5 Å². The summed E-state index contributed by atoms with van der Waals surface area (Å²) in [6.45, 7) is 2.02. The molecule has 1 atom stereocenters. The highest BCUT2D eigenvalue weighted by molar-refractivity contribution is 6.33. The van der Waals surface area contributed by atoms with E-state index in [1.165, 1.54) is 12.1 Å². The summed E-state index contributed by atoms with van der Waals surface area (Å²) in [6, 6.07) is 3.69. The van der Waals surface area contributed by atoms with Crippen LogP contribution in [0.25, 0.3) is 0 Å². The quantitative estimate of drug-likeness (QED) is 0.748. The zero-order chi connectivity index (χ0) is 14.4. The first-order valence-corrected chi connectivity index (χ1v) is 6.42. The summed E-state index contributed by atoms with van der Waals surface area (Å²) in [5.74, 6) is -1.47. The average molecular weight is 285 g/mol. The van der Waals surface area contributed by atoms with E-state index in [9.17, 15) is 9.59 Å². The molecule has 1 aromatic rings. The Bertz CT molecular complexity index is 477. The van der Waals surface area contributed by atoms with Gasteiger partial charge in [0.05, 0.1) is 16.6 Å². The summed E-state index contributed by atoms with van der Waals surface area (Å²) >= 11 is 5.74. The maximum atomic E-state index is 11.8. The molecule has 1 aromatic carbocycles. The molecule has 19 heavy (non-hydrogen) atoms. The number of carbonyl (C=O) groups is 2. The lowest BCUT2D eigenvalue weighted by atomic mass is 10.1. The number of aromatic carboxylic acids is 1. The molecule has 0 fully saturated rings. The van der Waals surface area contributed by atoms with Gasteiger partial charge in [0.25, 0.3) is 0 Å². The number of hydrogen-bond donors (Lipinski definition) is 3. The zero-order valence-electron chi connectivity index (χ0n) is 10.6. The maximum absolute atomic E-state index is 11.8. The number of hydrogen-bond acceptors (Lipinski definition) is 3. The topological polar surface area (TPSA) is 92.4 Å². The third-order valence-electron chi connectivity index (χ3n) is 2.67. The number of amides is 1. The van der Waals surface area contributed by atoms with Crippen molar-refractivity contribution in [2.45, 2.75) is 32.2 Å². The van der Waals surface area contributed by atoms with Crippen molar-refractivity contribution in [2.24, 2.45) is 5.73 Å². The van der Waals surface area contributed by atoms with Crippen molar-refractivity contribution in [2.75, 3.05) is 5.32 Å². The lowest BCUT2D eigenvalue weighted by Crippen LogP contribution is -2.35. The Labute approximate surface area is 116 Å². The minimum Gasteiger partial charge on any atom is -0.478 e. The number of halogens is 1. The fourth-order valence-electron chi connectivity index (χ4n) is 1.56. The van der Waals surface area contributed by atoms with Gasteiger partial charge in [-0.05, 0) is 24.6 Å². The highest BCUT2D eigenvalue weighted by atomic mass is 35.5. The van der Waals surface area contributed by atoms with Crippen LogP contribution in [0.5, 0.6) is 0 Å². The highest BCUT2D eigenvalue weighted by Gasteiger charge is 2.15. The predicted octanol–water partition coefficient (Wildman–Crippen LogP) is 2.49. The molecule has 0 heterocycles. The van der Waals surface area contributed by atoms with Gasteiger partial charge in [-0.15, -0.1) is 0 Å². The van der Waals surface area contributed by atoms with Gasteiger partial charge in [-0.3, -0.25) is 4.79 Å². The van der Waals surface area contributed by atoms with E-state index in [1.807, 2.05) is 6.92 Å². The molecule has 6 heteroatoms. The van der Waals surface area contributed by atoms with Crippen LogP contribution in [0.4, 0.5) is 5.69 Å². The first kappa shape index (κ1) is 15.5. The van der Waals surface area contributed by atoms with Crippen molar-refractivity contribution in [1.29, 1.82) is 0 Å².